The van der Waals surface area contributed by atoms with E-state index in [-0.39, 0.29) is 22.7 Å². The van der Waals surface area contributed by atoms with E-state index >= 15 is 0 Å². The quantitative estimate of drug-likeness (QED) is 0.753. The largest absolute Gasteiger partial charge is 0.421 e. The van der Waals surface area contributed by atoms with Crippen LogP contribution in [0.1, 0.15) is 11.1 Å². The first kappa shape index (κ1) is 15.0. The van der Waals surface area contributed by atoms with Crippen LogP contribution >= 0.6 is 23.2 Å². The summed E-state index contributed by atoms with van der Waals surface area (Å²) in [6, 6.07) is 13.3. The summed E-state index contributed by atoms with van der Waals surface area (Å²) in [5.74, 6) is -0.877. The van der Waals surface area contributed by atoms with E-state index in [0.29, 0.717) is 21.2 Å². The summed E-state index contributed by atoms with van der Waals surface area (Å²) in [6.45, 7) is 0. The van der Waals surface area contributed by atoms with Gasteiger partial charge in [-0.25, -0.2) is 9.59 Å². The zero-order chi connectivity index (χ0) is 16.8. The van der Waals surface area contributed by atoms with Gasteiger partial charge in [0, 0.05) is 21.2 Å². The number of halogens is 2. The third-order valence-electron chi connectivity index (χ3n) is 3.71. The van der Waals surface area contributed by atoms with Gasteiger partial charge in [-0.2, -0.15) is 0 Å². The van der Waals surface area contributed by atoms with Crippen molar-refractivity contribution in [2.24, 2.45) is 0 Å². The van der Waals surface area contributed by atoms with Crippen LogP contribution in [0.3, 0.4) is 0 Å². The molecule has 0 saturated heterocycles. The van der Waals surface area contributed by atoms with E-state index in [1.165, 1.54) is 0 Å². The molecule has 6 heteroatoms. The van der Waals surface area contributed by atoms with Crippen LogP contribution < -0.4 is 0 Å². The van der Waals surface area contributed by atoms with Crippen LogP contribution in [0.2, 0.25) is 10.0 Å². The normalized spacial score (nSPS) is 16.4. The van der Waals surface area contributed by atoms with E-state index < -0.39 is 11.9 Å². The fourth-order valence-electron chi connectivity index (χ4n) is 2.62. The second-order valence-corrected chi connectivity index (χ2v) is 6.07. The number of ether oxygens (including phenoxy) is 2. The highest BCUT2D eigenvalue weighted by molar-refractivity contribution is 6.31. The monoisotopic (exact) mass is 358 g/mol. The Morgan fingerprint density at radius 3 is 1.25 bits per heavy atom. The van der Waals surface area contributed by atoms with E-state index in [2.05, 4.69) is 0 Å². The Bertz CT molecular complexity index is 858. The summed E-state index contributed by atoms with van der Waals surface area (Å²) in [4.78, 5) is 24.6. The predicted molar refractivity (Wildman–Crippen MR) is 88.9 cm³/mol. The Morgan fingerprint density at radius 1 is 0.583 bits per heavy atom. The Hall–Kier alpha value is -2.56. The third-order valence-corrected chi connectivity index (χ3v) is 4.22. The Labute approximate surface area is 146 Å². The SMILES string of the molecule is O=C1OC(c2ccc(Cl)cc2)=C2C(=O)OC(c3ccc(Cl)cc3)=C12. The van der Waals surface area contributed by atoms with Crippen molar-refractivity contribution in [1.29, 1.82) is 0 Å². The minimum atomic E-state index is -0.620. The number of fused-ring (bicyclic) bond motifs is 1. The molecule has 4 rings (SSSR count). The lowest BCUT2D eigenvalue weighted by Crippen LogP contribution is -2.01. The molecule has 0 amide bonds. The lowest BCUT2D eigenvalue weighted by atomic mass is 10.0. The summed E-state index contributed by atoms with van der Waals surface area (Å²) in [5, 5.41) is 1.08. The second kappa shape index (κ2) is 5.51. The van der Waals surface area contributed by atoms with Crippen molar-refractivity contribution in [2.45, 2.75) is 0 Å². The van der Waals surface area contributed by atoms with Crippen molar-refractivity contribution in [3.8, 4) is 0 Å². The number of cyclic esters (lactones) is 2. The standard InChI is InChI=1S/C18H8Cl2O4/c19-11-5-1-9(2-6-11)15-13-14(18(22)23-15)16(24-17(13)21)10-3-7-12(20)8-4-10/h1-8H. The molecule has 2 aliphatic heterocycles. The van der Waals surface area contributed by atoms with Crippen LogP contribution in [0, 0.1) is 0 Å². The average Bonchev–Trinajstić information content (AvgIpc) is 3.08. The zero-order valence-corrected chi connectivity index (χ0v) is 13.5. The molecule has 0 atom stereocenters. The first-order chi connectivity index (χ1) is 11.5. The molecule has 2 heterocycles. The van der Waals surface area contributed by atoms with Gasteiger partial charge in [0.15, 0.2) is 11.5 Å². The van der Waals surface area contributed by atoms with Gasteiger partial charge in [0.25, 0.3) is 0 Å². The predicted octanol–water partition coefficient (Wildman–Crippen LogP) is 4.23. The summed E-state index contributed by atoms with van der Waals surface area (Å²) in [5.41, 5.74) is 1.42. The van der Waals surface area contributed by atoms with E-state index in [9.17, 15) is 9.59 Å². The Balaban J connectivity index is 1.88. The molecular formula is C18H8Cl2O4. The molecule has 118 valence electrons. The molecule has 0 radical (unpaired) electrons. The number of benzene rings is 2. The van der Waals surface area contributed by atoms with Gasteiger partial charge >= 0.3 is 11.9 Å². The molecule has 0 unspecified atom stereocenters. The van der Waals surface area contributed by atoms with Crippen LogP contribution in [0.25, 0.3) is 11.5 Å². The van der Waals surface area contributed by atoms with E-state index in [4.69, 9.17) is 32.7 Å². The minimum absolute atomic E-state index is 0.132. The maximum atomic E-state index is 12.3. The highest BCUT2D eigenvalue weighted by Gasteiger charge is 2.45. The molecule has 0 fully saturated rings. The average molecular weight is 359 g/mol. The maximum absolute atomic E-state index is 12.3. The zero-order valence-electron chi connectivity index (χ0n) is 12.0. The smallest absolute Gasteiger partial charge is 0.348 e. The lowest BCUT2D eigenvalue weighted by Gasteiger charge is -2.06. The van der Waals surface area contributed by atoms with Gasteiger partial charge in [-0.1, -0.05) is 23.2 Å². The van der Waals surface area contributed by atoms with Crippen LogP contribution in [-0.2, 0) is 19.1 Å². The van der Waals surface area contributed by atoms with Crippen LogP contribution in [0.4, 0.5) is 0 Å². The van der Waals surface area contributed by atoms with Gasteiger partial charge in [-0.15, -0.1) is 0 Å². The van der Waals surface area contributed by atoms with Crippen molar-refractivity contribution in [2.75, 3.05) is 0 Å². The highest BCUT2D eigenvalue weighted by Crippen LogP contribution is 2.43. The molecule has 4 nitrogen and oxygen atoms in total. The van der Waals surface area contributed by atoms with Crippen molar-refractivity contribution in [3.05, 3.63) is 80.8 Å². The number of esters is 2. The van der Waals surface area contributed by atoms with Gasteiger partial charge in [0.2, 0.25) is 0 Å². The molecule has 0 aromatic heterocycles. The Kier molecular flexibility index (Phi) is 3.44. The van der Waals surface area contributed by atoms with Gasteiger partial charge in [0.1, 0.15) is 11.1 Å². The summed E-state index contributed by atoms with van der Waals surface area (Å²) >= 11 is 11.7. The number of carbonyl (C=O) groups is 2. The number of hydrogen-bond donors (Lipinski definition) is 0. The molecular weight excluding hydrogens is 351 g/mol. The fourth-order valence-corrected chi connectivity index (χ4v) is 2.87. The van der Waals surface area contributed by atoms with E-state index in [0.717, 1.165) is 0 Å². The molecule has 0 spiro atoms. The second-order valence-electron chi connectivity index (χ2n) is 5.20. The van der Waals surface area contributed by atoms with Gasteiger partial charge in [-0.05, 0) is 48.5 Å². The van der Waals surface area contributed by atoms with Gasteiger partial charge < -0.3 is 9.47 Å². The fraction of sp³-hybridized carbons (Fsp3) is 0. The molecule has 2 aromatic carbocycles. The molecule has 2 aromatic rings. The molecule has 24 heavy (non-hydrogen) atoms. The number of rotatable bonds is 2. The molecule has 2 aliphatic rings. The van der Waals surface area contributed by atoms with Gasteiger partial charge in [-0.3, -0.25) is 0 Å². The topological polar surface area (TPSA) is 52.6 Å². The van der Waals surface area contributed by atoms with Crippen LogP contribution in [-0.4, -0.2) is 11.9 Å². The molecule has 0 N–H and O–H groups in total. The number of hydrogen-bond acceptors (Lipinski definition) is 4. The molecule has 0 bridgehead atoms. The van der Waals surface area contributed by atoms with Crippen molar-refractivity contribution >= 4 is 46.7 Å². The number of carbonyl (C=O) groups excluding carboxylic acids is 2. The summed E-state index contributed by atoms with van der Waals surface area (Å²) in [7, 11) is 0. The van der Waals surface area contributed by atoms with Crippen LogP contribution in [0.5, 0.6) is 0 Å². The first-order valence-electron chi connectivity index (χ1n) is 7.00. The molecule has 0 aliphatic carbocycles. The first-order valence-corrected chi connectivity index (χ1v) is 7.75. The minimum Gasteiger partial charge on any atom is -0.421 e. The van der Waals surface area contributed by atoms with Crippen molar-refractivity contribution in [3.63, 3.8) is 0 Å². The summed E-state index contributed by atoms with van der Waals surface area (Å²) in [6.07, 6.45) is 0. The van der Waals surface area contributed by atoms with E-state index in [1.807, 2.05) is 0 Å². The summed E-state index contributed by atoms with van der Waals surface area (Å²) < 4.78 is 10.6. The molecule has 0 saturated carbocycles. The van der Waals surface area contributed by atoms with Gasteiger partial charge in [0.05, 0.1) is 0 Å². The van der Waals surface area contributed by atoms with Crippen LogP contribution in [0.15, 0.2) is 59.7 Å². The van der Waals surface area contributed by atoms with Crippen molar-refractivity contribution in [1.82, 2.24) is 0 Å². The maximum Gasteiger partial charge on any atom is 0.348 e. The lowest BCUT2D eigenvalue weighted by molar-refractivity contribution is -0.131. The Morgan fingerprint density at radius 2 is 0.917 bits per heavy atom. The van der Waals surface area contributed by atoms with Crippen molar-refractivity contribution < 1.29 is 19.1 Å². The third kappa shape index (κ3) is 2.31. The van der Waals surface area contributed by atoms with E-state index in [1.54, 1.807) is 48.5 Å². The highest BCUT2D eigenvalue weighted by atomic mass is 35.5.